The Morgan fingerprint density at radius 2 is 1.88 bits per heavy atom. The van der Waals surface area contributed by atoms with Gasteiger partial charge in [0, 0.05) is 33.7 Å². The summed E-state index contributed by atoms with van der Waals surface area (Å²) in [5.41, 5.74) is 5.49. The molecular weight excluding hydrogens is 559 g/mol. The smallest absolute Gasteiger partial charge is 0.270 e. The van der Waals surface area contributed by atoms with Crippen LogP contribution in [-0.2, 0) is 16.1 Å². The van der Waals surface area contributed by atoms with Crippen LogP contribution in [0, 0.1) is 15.9 Å². The normalized spacial score (nSPS) is 11.7. The van der Waals surface area contributed by atoms with Crippen molar-refractivity contribution in [2.75, 3.05) is 18.5 Å². The Labute approximate surface area is 237 Å². The minimum Gasteiger partial charge on any atom is -0.394 e. The number of nitrogens with zero attached hydrogens (tertiary/aromatic N) is 4. The van der Waals surface area contributed by atoms with E-state index in [0.29, 0.717) is 10.6 Å². The fourth-order valence-corrected chi connectivity index (χ4v) is 4.49. The van der Waals surface area contributed by atoms with Crippen molar-refractivity contribution in [3.05, 3.63) is 87.3 Å². The molecule has 12 nitrogen and oxygen atoms in total. The Kier molecular flexibility index (Phi) is 8.59. The van der Waals surface area contributed by atoms with Gasteiger partial charge in [-0.2, -0.15) is 5.10 Å². The average Bonchev–Trinajstić information content (AvgIpc) is 3.30. The highest BCUT2D eigenvalue weighted by molar-refractivity contribution is 6.33. The summed E-state index contributed by atoms with van der Waals surface area (Å²) in [5, 5.41) is 27.8. The van der Waals surface area contributed by atoms with Crippen LogP contribution in [0.1, 0.15) is 17.4 Å². The molecule has 1 aromatic heterocycles. The molecular formula is C27H24ClFN6O6. The first-order valence-electron chi connectivity index (χ1n) is 12.2. The second-order valence-corrected chi connectivity index (χ2v) is 9.48. The number of rotatable bonds is 10. The van der Waals surface area contributed by atoms with Crippen LogP contribution in [0.25, 0.3) is 22.0 Å². The number of hydrogen-bond acceptors (Lipinski definition) is 7. The number of hydrogen-bond donors (Lipinski definition) is 3. The van der Waals surface area contributed by atoms with Gasteiger partial charge in [-0.15, -0.1) is 0 Å². The van der Waals surface area contributed by atoms with Gasteiger partial charge in [-0.25, -0.2) is 4.39 Å². The van der Waals surface area contributed by atoms with Crippen molar-refractivity contribution < 1.29 is 28.8 Å². The molecule has 1 atom stereocenters. The third kappa shape index (κ3) is 6.15. The van der Waals surface area contributed by atoms with Gasteiger partial charge in [0.15, 0.2) is 11.5 Å². The quantitative estimate of drug-likeness (QED) is 0.190. The topological polar surface area (TPSA) is 174 Å². The second kappa shape index (κ2) is 12.1. The molecule has 0 aliphatic rings. The van der Waals surface area contributed by atoms with E-state index in [4.69, 9.17) is 17.3 Å². The minimum atomic E-state index is -0.956. The number of primary amides is 1. The molecule has 0 unspecified atom stereocenters. The van der Waals surface area contributed by atoms with Gasteiger partial charge >= 0.3 is 0 Å². The highest BCUT2D eigenvalue weighted by Gasteiger charge is 2.26. The molecule has 0 fully saturated rings. The summed E-state index contributed by atoms with van der Waals surface area (Å²) < 4.78 is 16.4. The summed E-state index contributed by atoms with van der Waals surface area (Å²) in [6.07, 6.45) is 0. The van der Waals surface area contributed by atoms with E-state index in [9.17, 15) is 29.6 Å². The van der Waals surface area contributed by atoms with Gasteiger partial charge in [-0.05, 0) is 25.1 Å². The molecule has 0 saturated heterocycles. The molecule has 0 bridgehead atoms. The molecule has 3 aromatic carbocycles. The summed E-state index contributed by atoms with van der Waals surface area (Å²) in [4.78, 5) is 49.8. The highest BCUT2D eigenvalue weighted by atomic mass is 35.5. The number of nitrogens with two attached hydrogens (primary N) is 1. The first-order valence-corrected chi connectivity index (χ1v) is 12.6. The summed E-state index contributed by atoms with van der Waals surface area (Å²) >= 11 is 6.20. The molecule has 14 heteroatoms. The van der Waals surface area contributed by atoms with Crippen molar-refractivity contribution in [1.82, 2.24) is 14.7 Å². The lowest BCUT2D eigenvalue weighted by molar-refractivity contribution is -0.384. The van der Waals surface area contributed by atoms with Gasteiger partial charge < -0.3 is 21.1 Å². The van der Waals surface area contributed by atoms with Crippen LogP contribution in [0.4, 0.5) is 15.8 Å². The first-order chi connectivity index (χ1) is 19.5. The lowest BCUT2D eigenvalue weighted by atomic mass is 10.0. The number of nitro benzene ring substituents is 1. The van der Waals surface area contributed by atoms with Gasteiger partial charge in [-0.3, -0.25) is 29.2 Å². The van der Waals surface area contributed by atoms with Gasteiger partial charge in [0.2, 0.25) is 11.8 Å². The minimum absolute atomic E-state index is 0.0767. The third-order valence-corrected chi connectivity index (χ3v) is 6.66. The van der Waals surface area contributed by atoms with Crippen LogP contribution in [0.5, 0.6) is 0 Å². The number of benzene rings is 3. The predicted octanol–water partition coefficient (Wildman–Crippen LogP) is 3.35. The molecule has 1 heterocycles. The van der Waals surface area contributed by atoms with Gasteiger partial charge in [0.05, 0.1) is 28.8 Å². The number of aliphatic hydroxyl groups is 1. The molecule has 0 aliphatic heterocycles. The monoisotopic (exact) mass is 582 g/mol. The number of fused-ring (bicyclic) bond motifs is 1. The summed E-state index contributed by atoms with van der Waals surface area (Å²) in [6, 6.07) is 13.9. The van der Waals surface area contributed by atoms with E-state index in [2.05, 4.69) is 10.4 Å². The predicted molar refractivity (Wildman–Crippen MR) is 149 cm³/mol. The maximum absolute atomic E-state index is 15.3. The zero-order chi connectivity index (χ0) is 29.8. The van der Waals surface area contributed by atoms with Crippen molar-refractivity contribution in [2.45, 2.75) is 19.5 Å². The summed E-state index contributed by atoms with van der Waals surface area (Å²) in [5.74, 6) is -3.10. The fourth-order valence-electron chi connectivity index (χ4n) is 4.25. The molecule has 0 radical (unpaired) electrons. The van der Waals surface area contributed by atoms with E-state index in [1.807, 2.05) is 0 Å². The molecule has 0 saturated carbocycles. The average molecular weight is 583 g/mol. The standard InChI is InChI=1S/C27H24ClFN6O6/c1-15(14-36)33(12-23(37)31-21-8-4-6-18(25(21)29)17-5-2-3-7-20(17)28)24(38)13-34-22-10-9-16(35(40)41)11-19(22)26(32-34)27(30)39/h2-11,15,36H,12-14H2,1H3,(H2,30,39)(H,31,37)/t15-/m1/s1. The van der Waals surface area contributed by atoms with E-state index in [1.165, 1.54) is 31.2 Å². The number of nitro groups is 1. The van der Waals surface area contributed by atoms with E-state index in [-0.39, 0.29) is 33.5 Å². The second-order valence-electron chi connectivity index (χ2n) is 9.08. The van der Waals surface area contributed by atoms with E-state index in [1.54, 1.807) is 30.3 Å². The number of nitrogens with one attached hydrogen (secondary N) is 1. The van der Waals surface area contributed by atoms with E-state index < -0.39 is 54.2 Å². The van der Waals surface area contributed by atoms with Crippen molar-refractivity contribution >= 4 is 51.6 Å². The molecule has 0 aliphatic carbocycles. The zero-order valence-corrected chi connectivity index (χ0v) is 22.3. The molecule has 4 rings (SSSR count). The number of anilines is 1. The van der Waals surface area contributed by atoms with Crippen LogP contribution < -0.4 is 11.1 Å². The van der Waals surface area contributed by atoms with Crippen LogP contribution in [0.3, 0.4) is 0 Å². The Morgan fingerprint density at radius 3 is 2.54 bits per heavy atom. The van der Waals surface area contributed by atoms with Crippen LogP contribution in [0.15, 0.2) is 60.7 Å². The van der Waals surface area contributed by atoms with Crippen molar-refractivity contribution in [2.24, 2.45) is 5.73 Å². The number of halogens is 2. The van der Waals surface area contributed by atoms with E-state index in [0.717, 1.165) is 15.6 Å². The van der Waals surface area contributed by atoms with Crippen LogP contribution in [0.2, 0.25) is 5.02 Å². The lowest BCUT2D eigenvalue weighted by Gasteiger charge is -2.27. The molecule has 4 aromatic rings. The number of amides is 3. The molecule has 212 valence electrons. The number of non-ortho nitro benzene ring substituents is 1. The number of carbonyl (C=O) groups is 3. The molecule has 41 heavy (non-hydrogen) atoms. The summed E-state index contributed by atoms with van der Waals surface area (Å²) in [7, 11) is 0. The third-order valence-electron chi connectivity index (χ3n) is 6.33. The summed E-state index contributed by atoms with van der Waals surface area (Å²) in [6.45, 7) is -0.0314. The lowest BCUT2D eigenvalue weighted by Crippen LogP contribution is -2.46. The first kappa shape index (κ1) is 29.1. The largest absolute Gasteiger partial charge is 0.394 e. The zero-order valence-electron chi connectivity index (χ0n) is 21.6. The van der Waals surface area contributed by atoms with Crippen LogP contribution in [-0.4, -0.2) is 61.6 Å². The number of aromatic nitrogens is 2. The van der Waals surface area contributed by atoms with Gasteiger partial charge in [-0.1, -0.05) is 41.9 Å². The van der Waals surface area contributed by atoms with Gasteiger partial charge in [0.25, 0.3) is 11.6 Å². The Balaban J connectivity index is 1.57. The maximum atomic E-state index is 15.3. The highest BCUT2D eigenvalue weighted by Crippen LogP contribution is 2.32. The Morgan fingerprint density at radius 1 is 1.17 bits per heavy atom. The molecule has 3 amide bonds. The van der Waals surface area contributed by atoms with Crippen molar-refractivity contribution in [1.29, 1.82) is 0 Å². The van der Waals surface area contributed by atoms with E-state index >= 15 is 4.39 Å². The molecule has 0 spiro atoms. The van der Waals surface area contributed by atoms with Crippen LogP contribution >= 0.6 is 11.6 Å². The molecule has 4 N–H and O–H groups in total. The van der Waals surface area contributed by atoms with Gasteiger partial charge in [0.1, 0.15) is 13.1 Å². The maximum Gasteiger partial charge on any atom is 0.270 e. The number of carbonyl (C=O) groups excluding carboxylic acids is 3. The van der Waals surface area contributed by atoms with Crippen molar-refractivity contribution in [3.8, 4) is 11.1 Å². The SMILES string of the molecule is C[C@H](CO)N(CC(=O)Nc1cccc(-c2ccccc2Cl)c1F)C(=O)Cn1nc(C(N)=O)c2cc([N+](=O)[O-])ccc21. The number of aliphatic hydroxyl groups excluding tert-OH is 1. The Hall–Kier alpha value is -4.88. The Bertz CT molecular complexity index is 1680. The van der Waals surface area contributed by atoms with Crippen molar-refractivity contribution in [3.63, 3.8) is 0 Å². The fraction of sp³-hybridized carbons (Fsp3) is 0.185.